The van der Waals surface area contributed by atoms with E-state index in [1.807, 2.05) is 12.1 Å². The van der Waals surface area contributed by atoms with Crippen LogP contribution in [0.15, 0.2) is 36.4 Å². The Morgan fingerprint density at radius 1 is 1.21 bits per heavy atom. The molecule has 0 fully saturated rings. The fourth-order valence-electron chi connectivity index (χ4n) is 1.43. The average Bonchev–Trinajstić information content (AvgIpc) is 2.47. The first kappa shape index (κ1) is 9.75. The molecule has 1 heterocycles. The van der Waals surface area contributed by atoms with E-state index >= 15 is 0 Å². The van der Waals surface area contributed by atoms with Crippen LogP contribution in [0.4, 0.5) is 0 Å². The summed E-state index contributed by atoms with van der Waals surface area (Å²) in [7, 11) is 0. The highest BCUT2D eigenvalue weighted by molar-refractivity contribution is 7.12. The second kappa shape index (κ2) is 4.16. The Hall–Kier alpha value is -0.790. The fraction of sp³-hybridized carbons (Fsp3) is 0.167. The van der Waals surface area contributed by atoms with Crippen LogP contribution in [0.1, 0.15) is 15.3 Å². The van der Waals surface area contributed by atoms with Crippen LogP contribution in [0.25, 0.3) is 0 Å². The average molecular weight is 223 g/mol. The van der Waals surface area contributed by atoms with E-state index in [0.717, 1.165) is 11.4 Å². The molecule has 0 spiro atoms. The lowest BCUT2D eigenvalue weighted by atomic mass is 10.1. The molecule has 0 aliphatic rings. The topological polar surface area (TPSA) is 0 Å². The number of thiophene rings is 1. The lowest BCUT2D eigenvalue weighted by Gasteiger charge is -1.98. The quantitative estimate of drug-likeness (QED) is 0.711. The first-order valence-electron chi connectivity index (χ1n) is 4.54. The maximum atomic E-state index is 6.11. The maximum absolute atomic E-state index is 6.11. The van der Waals surface area contributed by atoms with Crippen molar-refractivity contribution in [3.05, 3.63) is 56.7 Å². The standard InChI is InChI=1S/C12H11ClS/c1-9-7-11(13)12(14-9)8-10-5-3-2-4-6-10/h2-7H,8H2,1H3. The van der Waals surface area contributed by atoms with Gasteiger partial charge in [-0.1, -0.05) is 41.9 Å². The summed E-state index contributed by atoms with van der Waals surface area (Å²) in [5.74, 6) is 0. The fourth-order valence-corrected chi connectivity index (χ4v) is 2.80. The first-order chi connectivity index (χ1) is 6.75. The van der Waals surface area contributed by atoms with Crippen molar-refractivity contribution in [2.75, 3.05) is 0 Å². The van der Waals surface area contributed by atoms with Crippen molar-refractivity contribution in [3.63, 3.8) is 0 Å². The molecule has 72 valence electrons. The van der Waals surface area contributed by atoms with E-state index in [1.54, 1.807) is 11.3 Å². The highest BCUT2D eigenvalue weighted by atomic mass is 35.5. The molecule has 0 aliphatic carbocycles. The van der Waals surface area contributed by atoms with Gasteiger partial charge in [-0.15, -0.1) is 11.3 Å². The van der Waals surface area contributed by atoms with E-state index in [-0.39, 0.29) is 0 Å². The summed E-state index contributed by atoms with van der Waals surface area (Å²) in [6, 6.07) is 12.4. The summed E-state index contributed by atoms with van der Waals surface area (Å²) >= 11 is 7.88. The van der Waals surface area contributed by atoms with Gasteiger partial charge in [-0.25, -0.2) is 0 Å². The lowest BCUT2D eigenvalue weighted by molar-refractivity contribution is 1.24. The molecule has 0 radical (unpaired) electrons. The molecule has 0 nitrogen and oxygen atoms in total. The van der Waals surface area contributed by atoms with Gasteiger partial charge in [-0.3, -0.25) is 0 Å². The third-order valence-corrected chi connectivity index (χ3v) is 3.59. The highest BCUT2D eigenvalue weighted by Crippen LogP contribution is 2.28. The summed E-state index contributed by atoms with van der Waals surface area (Å²) in [6.45, 7) is 2.09. The van der Waals surface area contributed by atoms with Crippen LogP contribution in [-0.4, -0.2) is 0 Å². The molecule has 1 aromatic carbocycles. The highest BCUT2D eigenvalue weighted by Gasteiger charge is 2.04. The van der Waals surface area contributed by atoms with Crippen LogP contribution >= 0.6 is 22.9 Å². The van der Waals surface area contributed by atoms with Gasteiger partial charge in [0.25, 0.3) is 0 Å². The van der Waals surface area contributed by atoms with E-state index in [4.69, 9.17) is 11.6 Å². The number of hydrogen-bond donors (Lipinski definition) is 0. The molecule has 2 aromatic rings. The normalized spacial score (nSPS) is 10.4. The van der Waals surface area contributed by atoms with Gasteiger partial charge < -0.3 is 0 Å². The summed E-state index contributed by atoms with van der Waals surface area (Å²) < 4.78 is 0. The van der Waals surface area contributed by atoms with Crippen molar-refractivity contribution in [3.8, 4) is 0 Å². The van der Waals surface area contributed by atoms with Gasteiger partial charge in [0.05, 0.1) is 5.02 Å². The van der Waals surface area contributed by atoms with Gasteiger partial charge >= 0.3 is 0 Å². The minimum atomic E-state index is 0.899. The Balaban J connectivity index is 2.23. The van der Waals surface area contributed by atoms with Crippen molar-refractivity contribution in [2.45, 2.75) is 13.3 Å². The summed E-state index contributed by atoms with van der Waals surface area (Å²) in [6.07, 6.45) is 0.943. The zero-order chi connectivity index (χ0) is 9.97. The van der Waals surface area contributed by atoms with E-state index < -0.39 is 0 Å². The van der Waals surface area contributed by atoms with E-state index in [0.29, 0.717) is 0 Å². The summed E-state index contributed by atoms with van der Waals surface area (Å²) in [5.41, 5.74) is 1.32. The Labute approximate surface area is 93.2 Å². The van der Waals surface area contributed by atoms with Crippen LogP contribution in [0.3, 0.4) is 0 Å². The molecule has 1 aromatic heterocycles. The van der Waals surface area contributed by atoms with Gasteiger partial charge in [0.15, 0.2) is 0 Å². The van der Waals surface area contributed by atoms with Crippen LogP contribution in [-0.2, 0) is 6.42 Å². The maximum Gasteiger partial charge on any atom is 0.0551 e. The minimum Gasteiger partial charge on any atom is -0.144 e. The van der Waals surface area contributed by atoms with Crippen LogP contribution in [0.2, 0.25) is 5.02 Å². The third-order valence-electron chi connectivity index (χ3n) is 2.09. The van der Waals surface area contributed by atoms with Crippen molar-refractivity contribution in [2.24, 2.45) is 0 Å². The van der Waals surface area contributed by atoms with Crippen molar-refractivity contribution >= 4 is 22.9 Å². The van der Waals surface area contributed by atoms with Crippen molar-refractivity contribution < 1.29 is 0 Å². The van der Waals surface area contributed by atoms with E-state index in [2.05, 4.69) is 31.2 Å². The van der Waals surface area contributed by atoms with Gasteiger partial charge in [0, 0.05) is 16.2 Å². The SMILES string of the molecule is Cc1cc(Cl)c(Cc2ccccc2)s1. The third kappa shape index (κ3) is 2.17. The van der Waals surface area contributed by atoms with Gasteiger partial charge in [0.1, 0.15) is 0 Å². The van der Waals surface area contributed by atoms with Crippen molar-refractivity contribution in [1.29, 1.82) is 0 Å². The molecule has 0 unspecified atom stereocenters. The Morgan fingerprint density at radius 3 is 2.50 bits per heavy atom. The molecule has 2 rings (SSSR count). The molecule has 0 bridgehead atoms. The number of hydrogen-bond acceptors (Lipinski definition) is 1. The smallest absolute Gasteiger partial charge is 0.0551 e. The number of benzene rings is 1. The Morgan fingerprint density at radius 2 is 1.93 bits per heavy atom. The molecular formula is C12H11ClS. The molecule has 0 aliphatic heterocycles. The largest absolute Gasteiger partial charge is 0.144 e. The summed E-state index contributed by atoms with van der Waals surface area (Å²) in [5, 5.41) is 0.899. The molecule has 0 atom stereocenters. The van der Waals surface area contributed by atoms with Gasteiger partial charge in [-0.2, -0.15) is 0 Å². The second-order valence-corrected chi connectivity index (χ2v) is 5.04. The molecular weight excluding hydrogens is 212 g/mol. The van der Waals surface area contributed by atoms with E-state index in [9.17, 15) is 0 Å². The predicted octanol–water partition coefficient (Wildman–Crippen LogP) is 4.30. The zero-order valence-corrected chi connectivity index (χ0v) is 9.53. The van der Waals surface area contributed by atoms with E-state index in [1.165, 1.54) is 15.3 Å². The Kier molecular flexibility index (Phi) is 2.90. The molecule has 2 heteroatoms. The predicted molar refractivity (Wildman–Crippen MR) is 63.3 cm³/mol. The molecule has 14 heavy (non-hydrogen) atoms. The molecule has 0 saturated heterocycles. The molecule has 0 amide bonds. The van der Waals surface area contributed by atoms with Gasteiger partial charge in [-0.05, 0) is 18.6 Å². The second-order valence-electron chi connectivity index (χ2n) is 3.29. The number of halogens is 1. The Bertz CT molecular complexity index is 417. The minimum absolute atomic E-state index is 0.899. The van der Waals surface area contributed by atoms with Crippen LogP contribution in [0, 0.1) is 6.92 Å². The molecule has 0 N–H and O–H groups in total. The van der Waals surface area contributed by atoms with Crippen LogP contribution < -0.4 is 0 Å². The van der Waals surface area contributed by atoms with Gasteiger partial charge in [0.2, 0.25) is 0 Å². The van der Waals surface area contributed by atoms with Crippen LogP contribution in [0.5, 0.6) is 0 Å². The van der Waals surface area contributed by atoms with Crippen molar-refractivity contribution in [1.82, 2.24) is 0 Å². The summed E-state index contributed by atoms with van der Waals surface area (Å²) in [4.78, 5) is 2.54. The first-order valence-corrected chi connectivity index (χ1v) is 5.74. The molecule has 0 saturated carbocycles. The number of rotatable bonds is 2. The zero-order valence-electron chi connectivity index (χ0n) is 7.96. The lowest BCUT2D eigenvalue weighted by Crippen LogP contribution is -1.83. The number of aryl methyl sites for hydroxylation is 1. The monoisotopic (exact) mass is 222 g/mol.